The van der Waals surface area contributed by atoms with E-state index in [1.807, 2.05) is 6.92 Å². The lowest BCUT2D eigenvalue weighted by Gasteiger charge is -2.21. The largest absolute Gasteiger partial charge is 0.325 e. The second-order valence-electron chi connectivity index (χ2n) is 5.51. The van der Waals surface area contributed by atoms with E-state index < -0.39 is 21.3 Å². The fourth-order valence-corrected chi connectivity index (χ4v) is 2.73. The molecular weight excluding hydrogens is 297 g/mol. The topological polar surface area (TPSA) is 87.3 Å². The summed E-state index contributed by atoms with van der Waals surface area (Å²) in [4.78, 5) is 12.2. The van der Waals surface area contributed by atoms with Crippen LogP contribution in [0.15, 0.2) is 18.2 Å². The maximum Gasteiger partial charge on any atom is 0.231 e. The molecule has 1 aromatic rings. The Morgan fingerprint density at radius 3 is 2.71 bits per heavy atom. The van der Waals surface area contributed by atoms with Crippen LogP contribution in [0.25, 0.3) is 0 Å². The Hall–Kier alpha value is -1.67. The van der Waals surface area contributed by atoms with Crippen LogP contribution in [0.2, 0.25) is 0 Å². The lowest BCUT2D eigenvalue weighted by atomic mass is 9.89. The van der Waals surface area contributed by atoms with Crippen LogP contribution in [0.5, 0.6) is 0 Å². The van der Waals surface area contributed by atoms with Crippen molar-refractivity contribution in [3.8, 4) is 0 Å². The molecule has 0 aliphatic carbocycles. The molecule has 1 heterocycles. The first-order valence-corrected chi connectivity index (χ1v) is 8.38. The summed E-state index contributed by atoms with van der Waals surface area (Å²) in [6.45, 7) is 3.20. The van der Waals surface area contributed by atoms with Crippen molar-refractivity contribution in [2.75, 3.05) is 29.4 Å². The van der Waals surface area contributed by atoms with Gasteiger partial charge in [0.15, 0.2) is 0 Å². The van der Waals surface area contributed by atoms with Crippen molar-refractivity contribution < 1.29 is 17.6 Å². The molecule has 0 aromatic heterocycles. The summed E-state index contributed by atoms with van der Waals surface area (Å²) in [5.74, 6) is -0.878. The van der Waals surface area contributed by atoms with Gasteiger partial charge in [0.2, 0.25) is 15.9 Å². The molecule has 21 heavy (non-hydrogen) atoms. The summed E-state index contributed by atoms with van der Waals surface area (Å²) >= 11 is 0. The van der Waals surface area contributed by atoms with E-state index in [0.29, 0.717) is 18.7 Å². The summed E-state index contributed by atoms with van der Waals surface area (Å²) in [5, 5.41) is 5.82. The first kappa shape index (κ1) is 15.7. The maximum absolute atomic E-state index is 13.6. The number of rotatable bonds is 4. The minimum absolute atomic E-state index is 0.176. The number of hydrogen-bond donors (Lipinski definition) is 3. The highest BCUT2D eigenvalue weighted by Crippen LogP contribution is 2.27. The van der Waals surface area contributed by atoms with Gasteiger partial charge in [0.05, 0.1) is 17.4 Å². The van der Waals surface area contributed by atoms with Gasteiger partial charge in [-0.25, -0.2) is 12.8 Å². The molecule has 1 aliphatic rings. The van der Waals surface area contributed by atoms with Crippen molar-refractivity contribution >= 4 is 27.3 Å². The van der Waals surface area contributed by atoms with Crippen LogP contribution in [-0.4, -0.2) is 33.7 Å². The molecule has 1 saturated heterocycles. The highest BCUT2D eigenvalue weighted by molar-refractivity contribution is 7.92. The average molecular weight is 315 g/mol. The van der Waals surface area contributed by atoms with Crippen LogP contribution in [0.4, 0.5) is 15.8 Å². The predicted molar refractivity (Wildman–Crippen MR) is 79.1 cm³/mol. The summed E-state index contributed by atoms with van der Waals surface area (Å²) in [5.41, 5.74) is -0.357. The number of amides is 1. The van der Waals surface area contributed by atoms with Gasteiger partial charge in [0.25, 0.3) is 0 Å². The average Bonchev–Trinajstić information content (AvgIpc) is 2.80. The van der Waals surface area contributed by atoms with Crippen LogP contribution < -0.4 is 15.4 Å². The minimum atomic E-state index is -3.59. The van der Waals surface area contributed by atoms with Gasteiger partial charge < -0.3 is 10.6 Å². The Labute approximate surface area is 123 Å². The molecule has 0 spiro atoms. The minimum Gasteiger partial charge on any atom is -0.325 e. The first-order chi connectivity index (χ1) is 9.70. The van der Waals surface area contributed by atoms with E-state index in [4.69, 9.17) is 0 Å². The molecule has 1 amide bonds. The van der Waals surface area contributed by atoms with Crippen LogP contribution in [-0.2, 0) is 14.8 Å². The molecule has 1 aliphatic heterocycles. The highest BCUT2D eigenvalue weighted by atomic mass is 32.2. The van der Waals surface area contributed by atoms with Crippen LogP contribution in [0.1, 0.15) is 13.3 Å². The Kier molecular flexibility index (Phi) is 4.20. The molecule has 1 fully saturated rings. The fourth-order valence-electron chi connectivity index (χ4n) is 2.17. The number of halogens is 1. The zero-order valence-electron chi connectivity index (χ0n) is 11.9. The zero-order valence-corrected chi connectivity index (χ0v) is 12.7. The summed E-state index contributed by atoms with van der Waals surface area (Å²) < 4.78 is 38.0. The number of benzene rings is 1. The van der Waals surface area contributed by atoms with E-state index in [0.717, 1.165) is 18.9 Å². The van der Waals surface area contributed by atoms with E-state index in [1.54, 1.807) is 0 Å². The quantitative estimate of drug-likeness (QED) is 0.777. The lowest BCUT2D eigenvalue weighted by Crippen LogP contribution is -2.35. The third kappa shape index (κ3) is 3.92. The number of hydrogen-bond acceptors (Lipinski definition) is 4. The van der Waals surface area contributed by atoms with Crippen molar-refractivity contribution in [1.29, 1.82) is 0 Å². The zero-order chi connectivity index (χ0) is 15.7. The second-order valence-corrected chi connectivity index (χ2v) is 7.26. The van der Waals surface area contributed by atoms with Gasteiger partial charge in [-0.05, 0) is 38.1 Å². The maximum atomic E-state index is 13.6. The van der Waals surface area contributed by atoms with Gasteiger partial charge in [-0.2, -0.15) is 0 Å². The van der Waals surface area contributed by atoms with E-state index in [2.05, 4.69) is 15.4 Å². The molecule has 1 atom stereocenters. The Morgan fingerprint density at radius 2 is 2.14 bits per heavy atom. The normalized spacial score (nSPS) is 22.0. The Morgan fingerprint density at radius 1 is 1.43 bits per heavy atom. The number of carbonyl (C=O) groups excluding carboxylic acids is 1. The highest BCUT2D eigenvalue weighted by Gasteiger charge is 2.36. The van der Waals surface area contributed by atoms with Crippen molar-refractivity contribution in [2.45, 2.75) is 13.3 Å². The summed E-state index contributed by atoms with van der Waals surface area (Å²) in [7, 11) is -3.59. The van der Waals surface area contributed by atoms with E-state index in [9.17, 15) is 17.6 Å². The Balaban J connectivity index is 2.17. The molecule has 8 heteroatoms. The third-order valence-electron chi connectivity index (χ3n) is 3.44. The molecule has 0 radical (unpaired) electrons. The molecule has 2 rings (SSSR count). The van der Waals surface area contributed by atoms with Gasteiger partial charge in [0, 0.05) is 12.2 Å². The van der Waals surface area contributed by atoms with Gasteiger partial charge >= 0.3 is 0 Å². The molecule has 0 saturated carbocycles. The summed E-state index contributed by atoms with van der Waals surface area (Å²) in [6.07, 6.45) is 1.65. The molecule has 6 nitrogen and oxygen atoms in total. The van der Waals surface area contributed by atoms with E-state index in [-0.39, 0.29) is 11.6 Å². The number of anilines is 2. The monoisotopic (exact) mass is 315 g/mol. The van der Waals surface area contributed by atoms with Gasteiger partial charge in [-0.3, -0.25) is 9.52 Å². The fraction of sp³-hybridized carbons (Fsp3) is 0.462. The van der Waals surface area contributed by atoms with Gasteiger partial charge in [0.1, 0.15) is 5.82 Å². The van der Waals surface area contributed by atoms with Crippen LogP contribution in [0, 0.1) is 11.2 Å². The van der Waals surface area contributed by atoms with Crippen molar-refractivity contribution in [1.82, 2.24) is 5.32 Å². The van der Waals surface area contributed by atoms with Crippen LogP contribution in [0.3, 0.4) is 0 Å². The van der Waals surface area contributed by atoms with Gasteiger partial charge in [-0.1, -0.05) is 0 Å². The second kappa shape index (κ2) is 5.61. The number of carbonyl (C=O) groups is 1. The van der Waals surface area contributed by atoms with Crippen LogP contribution >= 0.6 is 0 Å². The Bertz CT molecular complexity index is 655. The predicted octanol–water partition coefficient (Wildman–Crippen LogP) is 1.14. The SMILES string of the molecule is CC1(C(=O)Nc2ccc(F)c(NS(C)(=O)=O)c2)CCNC1. The first-order valence-electron chi connectivity index (χ1n) is 6.49. The molecule has 116 valence electrons. The van der Waals surface area contributed by atoms with Gasteiger partial charge in [-0.15, -0.1) is 0 Å². The molecular formula is C13H18FN3O3S. The van der Waals surface area contributed by atoms with Crippen molar-refractivity contribution in [2.24, 2.45) is 5.41 Å². The molecule has 0 bridgehead atoms. The van der Waals surface area contributed by atoms with Crippen molar-refractivity contribution in [3.05, 3.63) is 24.0 Å². The molecule has 1 unspecified atom stereocenters. The van der Waals surface area contributed by atoms with E-state index >= 15 is 0 Å². The van der Waals surface area contributed by atoms with Crippen molar-refractivity contribution in [3.63, 3.8) is 0 Å². The number of nitrogens with one attached hydrogen (secondary N) is 3. The third-order valence-corrected chi connectivity index (χ3v) is 4.03. The standard InChI is InChI=1S/C13H18FN3O3S/c1-13(5-6-15-8-13)12(18)16-9-3-4-10(14)11(7-9)17-21(2,19)20/h3-4,7,15,17H,5-6,8H2,1-2H3,(H,16,18). The summed E-state index contributed by atoms with van der Waals surface area (Å²) in [6, 6.07) is 3.77. The smallest absolute Gasteiger partial charge is 0.231 e. The van der Waals surface area contributed by atoms with E-state index in [1.165, 1.54) is 12.1 Å². The molecule has 3 N–H and O–H groups in total. The lowest BCUT2D eigenvalue weighted by molar-refractivity contribution is -0.123. The molecule has 1 aromatic carbocycles. The number of sulfonamides is 1.